The van der Waals surface area contributed by atoms with E-state index in [4.69, 9.17) is 10.8 Å². The largest absolute Gasteiger partial charge is 0.433 e. The molecular weight excluding hydrogens is 215 g/mol. The van der Waals surface area contributed by atoms with Crippen LogP contribution in [-0.4, -0.2) is 27.4 Å². The third-order valence-electron chi connectivity index (χ3n) is 1.63. The summed E-state index contributed by atoms with van der Waals surface area (Å²) < 4.78 is 37.6. The number of hydrogen-bond donors (Lipinski definition) is 2. The molecule has 0 spiro atoms. The zero-order chi connectivity index (χ0) is 11.6. The number of aliphatic hydroxyl groups is 1. The smallest absolute Gasteiger partial charge is 0.394 e. The van der Waals surface area contributed by atoms with Crippen LogP contribution < -0.4 is 5.73 Å². The summed E-state index contributed by atoms with van der Waals surface area (Å²) in [6.45, 7) is -0.856. The van der Waals surface area contributed by atoms with Gasteiger partial charge in [-0.3, -0.25) is 9.48 Å². The third-order valence-corrected chi connectivity index (χ3v) is 1.63. The van der Waals surface area contributed by atoms with Gasteiger partial charge >= 0.3 is 6.18 Å². The quantitative estimate of drug-likeness (QED) is 0.756. The second-order valence-electron chi connectivity index (χ2n) is 2.72. The number of nitrogens with two attached hydrogens (primary N) is 1. The molecule has 0 saturated carbocycles. The van der Waals surface area contributed by atoms with Crippen LogP contribution in [0.15, 0.2) is 6.07 Å². The van der Waals surface area contributed by atoms with Crippen molar-refractivity contribution in [1.82, 2.24) is 9.78 Å². The van der Waals surface area contributed by atoms with Crippen molar-refractivity contribution < 1.29 is 23.1 Å². The first-order valence-electron chi connectivity index (χ1n) is 3.92. The minimum absolute atomic E-state index is 0.345. The molecule has 1 aromatic rings. The first kappa shape index (κ1) is 11.5. The van der Waals surface area contributed by atoms with Crippen LogP contribution in [-0.2, 0) is 12.7 Å². The number of carbonyl (C=O) groups excluding carboxylic acids is 1. The lowest BCUT2D eigenvalue weighted by Crippen LogP contribution is -2.16. The number of aliphatic hydroxyl groups excluding tert-OH is 1. The predicted molar refractivity (Wildman–Crippen MR) is 42.8 cm³/mol. The molecule has 15 heavy (non-hydrogen) atoms. The lowest BCUT2D eigenvalue weighted by Gasteiger charge is -2.07. The molecule has 0 aliphatic rings. The number of halogens is 3. The monoisotopic (exact) mass is 223 g/mol. The van der Waals surface area contributed by atoms with Crippen molar-refractivity contribution in [3.05, 3.63) is 17.5 Å². The van der Waals surface area contributed by atoms with Crippen LogP contribution in [0.4, 0.5) is 13.2 Å². The Hall–Kier alpha value is -1.57. The van der Waals surface area contributed by atoms with Crippen molar-refractivity contribution in [3.63, 3.8) is 0 Å². The van der Waals surface area contributed by atoms with Gasteiger partial charge in [0.15, 0.2) is 5.69 Å². The molecule has 0 bridgehead atoms. The lowest BCUT2D eigenvalue weighted by molar-refractivity contribution is -0.144. The van der Waals surface area contributed by atoms with Gasteiger partial charge in [0.2, 0.25) is 0 Å². The Bertz CT molecular complexity index is 372. The Kier molecular flexibility index (Phi) is 2.98. The number of alkyl halides is 3. The zero-order valence-electron chi connectivity index (χ0n) is 7.45. The van der Waals surface area contributed by atoms with Crippen LogP contribution in [0.3, 0.4) is 0 Å². The van der Waals surface area contributed by atoms with E-state index in [-0.39, 0.29) is 6.54 Å². The molecule has 3 N–H and O–H groups in total. The van der Waals surface area contributed by atoms with Gasteiger partial charge in [-0.25, -0.2) is 0 Å². The van der Waals surface area contributed by atoms with Gasteiger partial charge in [-0.05, 0) is 0 Å². The average Bonchev–Trinajstić information content (AvgIpc) is 2.48. The SMILES string of the molecule is NC(=O)c1cc(C(F)(F)F)n(CCO)n1. The van der Waals surface area contributed by atoms with E-state index in [2.05, 4.69) is 5.10 Å². The summed E-state index contributed by atoms with van der Waals surface area (Å²) in [5.41, 5.74) is 3.21. The number of primary amides is 1. The Morgan fingerprint density at radius 3 is 2.60 bits per heavy atom. The third kappa shape index (κ3) is 2.46. The number of nitrogens with zero attached hydrogens (tertiary/aromatic N) is 2. The molecule has 0 unspecified atom stereocenters. The summed E-state index contributed by atoms with van der Waals surface area (Å²) in [5, 5.41) is 11.8. The van der Waals surface area contributed by atoms with Gasteiger partial charge < -0.3 is 10.8 Å². The van der Waals surface area contributed by atoms with E-state index in [1.54, 1.807) is 0 Å². The van der Waals surface area contributed by atoms with Crippen molar-refractivity contribution in [2.24, 2.45) is 5.73 Å². The van der Waals surface area contributed by atoms with Crippen LogP contribution in [0.5, 0.6) is 0 Å². The van der Waals surface area contributed by atoms with Crippen molar-refractivity contribution >= 4 is 5.91 Å². The molecule has 1 amide bonds. The molecular formula is C7H8F3N3O2. The van der Waals surface area contributed by atoms with Crippen LogP contribution in [0.1, 0.15) is 16.2 Å². The molecule has 5 nitrogen and oxygen atoms in total. The second kappa shape index (κ2) is 3.89. The van der Waals surface area contributed by atoms with E-state index in [0.717, 1.165) is 0 Å². The Morgan fingerprint density at radius 1 is 1.60 bits per heavy atom. The van der Waals surface area contributed by atoms with Crippen molar-refractivity contribution in [2.45, 2.75) is 12.7 Å². The summed E-state index contributed by atoms with van der Waals surface area (Å²) in [7, 11) is 0. The van der Waals surface area contributed by atoms with Gasteiger partial charge in [0.05, 0.1) is 13.2 Å². The summed E-state index contributed by atoms with van der Waals surface area (Å²) in [5.74, 6) is -1.04. The highest BCUT2D eigenvalue weighted by atomic mass is 19.4. The molecule has 0 fully saturated rings. The van der Waals surface area contributed by atoms with Crippen molar-refractivity contribution in [1.29, 1.82) is 0 Å². The van der Waals surface area contributed by atoms with E-state index < -0.39 is 30.1 Å². The number of aromatic nitrogens is 2. The van der Waals surface area contributed by atoms with Crippen molar-refractivity contribution in [3.8, 4) is 0 Å². The minimum Gasteiger partial charge on any atom is -0.394 e. The fourth-order valence-corrected chi connectivity index (χ4v) is 1.03. The highest BCUT2D eigenvalue weighted by Gasteiger charge is 2.36. The average molecular weight is 223 g/mol. The van der Waals surface area contributed by atoms with Crippen LogP contribution in [0.2, 0.25) is 0 Å². The summed E-state index contributed by atoms with van der Waals surface area (Å²) >= 11 is 0. The topological polar surface area (TPSA) is 81.1 Å². The first-order valence-corrected chi connectivity index (χ1v) is 3.92. The van der Waals surface area contributed by atoms with Gasteiger partial charge in [-0.2, -0.15) is 18.3 Å². The van der Waals surface area contributed by atoms with E-state index >= 15 is 0 Å². The first-order chi connectivity index (χ1) is 6.86. The Balaban J connectivity index is 3.17. The van der Waals surface area contributed by atoms with Crippen LogP contribution in [0.25, 0.3) is 0 Å². The molecule has 1 heterocycles. The molecule has 1 rings (SSSR count). The molecule has 0 saturated heterocycles. The van der Waals surface area contributed by atoms with Crippen LogP contribution in [0, 0.1) is 0 Å². The molecule has 0 aromatic carbocycles. The fourth-order valence-electron chi connectivity index (χ4n) is 1.03. The van der Waals surface area contributed by atoms with Gasteiger partial charge in [0.25, 0.3) is 5.91 Å². The van der Waals surface area contributed by atoms with E-state index in [1.165, 1.54) is 0 Å². The molecule has 0 aliphatic heterocycles. The highest BCUT2D eigenvalue weighted by Crippen LogP contribution is 2.29. The molecule has 0 radical (unpaired) electrons. The lowest BCUT2D eigenvalue weighted by atomic mass is 10.3. The molecule has 0 aliphatic carbocycles. The zero-order valence-corrected chi connectivity index (χ0v) is 7.45. The number of carbonyl (C=O) groups is 1. The van der Waals surface area contributed by atoms with Gasteiger partial charge in [-0.15, -0.1) is 0 Å². The number of amides is 1. The summed E-state index contributed by atoms with van der Waals surface area (Å²) in [4.78, 5) is 10.6. The summed E-state index contributed by atoms with van der Waals surface area (Å²) in [6.07, 6.45) is -4.63. The fraction of sp³-hybridized carbons (Fsp3) is 0.429. The molecule has 8 heteroatoms. The van der Waals surface area contributed by atoms with E-state index in [9.17, 15) is 18.0 Å². The maximum absolute atomic E-state index is 12.4. The number of hydrogen-bond acceptors (Lipinski definition) is 3. The second-order valence-corrected chi connectivity index (χ2v) is 2.72. The highest BCUT2D eigenvalue weighted by molar-refractivity contribution is 5.90. The maximum atomic E-state index is 12.4. The van der Waals surface area contributed by atoms with Gasteiger partial charge in [0, 0.05) is 6.07 Å². The molecule has 84 valence electrons. The predicted octanol–water partition coefficient (Wildman–Crippen LogP) is -0.00690. The van der Waals surface area contributed by atoms with Gasteiger partial charge in [0.1, 0.15) is 5.69 Å². The van der Waals surface area contributed by atoms with Crippen molar-refractivity contribution in [2.75, 3.05) is 6.61 Å². The van der Waals surface area contributed by atoms with E-state index in [1.807, 2.05) is 0 Å². The Morgan fingerprint density at radius 2 is 2.20 bits per heavy atom. The maximum Gasteiger partial charge on any atom is 0.433 e. The number of rotatable bonds is 3. The molecule has 0 atom stereocenters. The molecule has 1 aromatic heterocycles. The van der Waals surface area contributed by atoms with Gasteiger partial charge in [-0.1, -0.05) is 0 Å². The summed E-state index contributed by atoms with van der Waals surface area (Å²) in [6, 6.07) is 0.554. The standard InChI is InChI=1S/C7H8F3N3O2/c8-7(9,10)5-3-4(6(11)15)12-13(5)1-2-14/h3,14H,1-2H2,(H2,11,15). The normalized spacial score (nSPS) is 11.7. The van der Waals surface area contributed by atoms with Crippen LogP contribution >= 0.6 is 0 Å². The van der Waals surface area contributed by atoms with E-state index in [0.29, 0.717) is 10.7 Å². The Labute approximate surface area is 82.3 Å². The minimum atomic E-state index is -4.63.